The third-order valence-electron chi connectivity index (χ3n) is 3.06. The van der Waals surface area contributed by atoms with Gasteiger partial charge >= 0.3 is 0 Å². The van der Waals surface area contributed by atoms with Crippen molar-refractivity contribution in [3.63, 3.8) is 0 Å². The number of nitrogens with zero attached hydrogens (tertiary/aromatic N) is 2. The Morgan fingerprint density at radius 2 is 2.47 bits per heavy atom. The van der Waals surface area contributed by atoms with Crippen LogP contribution in [0.1, 0.15) is 23.3 Å². The van der Waals surface area contributed by atoms with Gasteiger partial charge in [0.2, 0.25) is 0 Å². The third kappa shape index (κ3) is 3.61. The minimum atomic E-state index is 0.0890. The Morgan fingerprint density at radius 3 is 3.12 bits per heavy atom. The van der Waals surface area contributed by atoms with Gasteiger partial charge in [0, 0.05) is 18.8 Å². The van der Waals surface area contributed by atoms with Crippen LogP contribution in [0, 0.1) is 0 Å². The van der Waals surface area contributed by atoms with Crippen molar-refractivity contribution >= 4 is 5.78 Å². The number of ketones is 1. The zero-order valence-electron chi connectivity index (χ0n) is 10.2. The first-order chi connectivity index (χ1) is 8.25. The lowest BCUT2D eigenvalue weighted by Gasteiger charge is -2.20. The smallest absolute Gasteiger partial charge is 0.195 e. The van der Waals surface area contributed by atoms with E-state index in [1.54, 1.807) is 12.3 Å². The lowest BCUT2D eigenvalue weighted by atomic mass is 10.2. The van der Waals surface area contributed by atoms with Crippen molar-refractivity contribution in [3.8, 4) is 0 Å². The second-order valence-electron chi connectivity index (χ2n) is 4.63. The molecule has 0 saturated carbocycles. The summed E-state index contributed by atoms with van der Waals surface area (Å²) in [6.45, 7) is 2.47. The number of Topliss-reactive ketones (excluding diaryl/α,β-unsaturated/α-hetero) is 1. The molecule has 1 N–H and O–H groups in total. The van der Waals surface area contributed by atoms with E-state index in [9.17, 15) is 4.79 Å². The molecule has 17 heavy (non-hydrogen) atoms. The van der Waals surface area contributed by atoms with Crippen molar-refractivity contribution in [3.05, 3.63) is 30.1 Å². The molecule has 0 amide bonds. The predicted molar refractivity (Wildman–Crippen MR) is 67.1 cm³/mol. The first-order valence-electron chi connectivity index (χ1n) is 6.12. The number of carbonyl (C=O) groups excluding carboxylic acids is 1. The van der Waals surface area contributed by atoms with Gasteiger partial charge in [-0.1, -0.05) is 6.07 Å². The second kappa shape index (κ2) is 5.89. The molecule has 1 saturated heterocycles. The van der Waals surface area contributed by atoms with Gasteiger partial charge in [-0.2, -0.15) is 0 Å². The molecule has 92 valence electrons. The molecule has 4 heteroatoms. The number of pyridine rings is 1. The molecular formula is C13H19N3O. The molecule has 1 aromatic rings. The van der Waals surface area contributed by atoms with Crippen molar-refractivity contribution < 1.29 is 4.79 Å². The number of hydrogen-bond acceptors (Lipinski definition) is 4. The molecule has 0 aromatic carbocycles. The van der Waals surface area contributed by atoms with Gasteiger partial charge in [0.05, 0.1) is 6.54 Å². The number of nitrogens with one attached hydrogen (secondary N) is 1. The first-order valence-corrected chi connectivity index (χ1v) is 6.12. The molecule has 1 aromatic heterocycles. The molecule has 0 spiro atoms. The van der Waals surface area contributed by atoms with E-state index in [0.29, 0.717) is 18.3 Å². The molecule has 2 rings (SSSR count). The van der Waals surface area contributed by atoms with Crippen LogP contribution in [0.5, 0.6) is 0 Å². The second-order valence-corrected chi connectivity index (χ2v) is 4.63. The Morgan fingerprint density at radius 1 is 1.59 bits per heavy atom. The summed E-state index contributed by atoms with van der Waals surface area (Å²) in [7, 11) is 1.99. The van der Waals surface area contributed by atoms with Crippen LogP contribution in [-0.2, 0) is 0 Å². The van der Waals surface area contributed by atoms with Crippen LogP contribution in [-0.4, -0.2) is 48.4 Å². The van der Waals surface area contributed by atoms with Crippen LogP contribution in [0.2, 0.25) is 0 Å². The van der Waals surface area contributed by atoms with E-state index < -0.39 is 0 Å². The maximum Gasteiger partial charge on any atom is 0.195 e. The van der Waals surface area contributed by atoms with Crippen molar-refractivity contribution in [1.29, 1.82) is 0 Å². The Balaban J connectivity index is 1.81. The SMILES string of the molecule is CN(CC(=O)c1ccccn1)CC1CCCN1. The van der Waals surface area contributed by atoms with E-state index in [0.717, 1.165) is 13.1 Å². The number of carbonyl (C=O) groups is 1. The largest absolute Gasteiger partial charge is 0.313 e. The Hall–Kier alpha value is -1.26. The van der Waals surface area contributed by atoms with E-state index >= 15 is 0 Å². The molecular weight excluding hydrogens is 214 g/mol. The number of likely N-dealkylation sites (N-methyl/N-ethyl adjacent to an activating group) is 1. The van der Waals surface area contributed by atoms with Gasteiger partial charge in [-0.3, -0.25) is 14.7 Å². The van der Waals surface area contributed by atoms with Gasteiger partial charge in [-0.25, -0.2) is 0 Å². The summed E-state index contributed by atoms with van der Waals surface area (Å²) < 4.78 is 0. The predicted octanol–water partition coefficient (Wildman–Crippen LogP) is 0.948. The van der Waals surface area contributed by atoms with Gasteiger partial charge in [0.1, 0.15) is 5.69 Å². The fraction of sp³-hybridized carbons (Fsp3) is 0.538. The highest BCUT2D eigenvalue weighted by Crippen LogP contribution is 2.06. The molecule has 0 aliphatic carbocycles. The minimum absolute atomic E-state index is 0.0890. The van der Waals surface area contributed by atoms with Gasteiger partial charge in [0.15, 0.2) is 5.78 Å². The summed E-state index contributed by atoms with van der Waals surface area (Å²) in [4.78, 5) is 18.0. The summed E-state index contributed by atoms with van der Waals surface area (Å²) in [5, 5.41) is 3.43. The molecule has 4 nitrogen and oxygen atoms in total. The molecule has 0 radical (unpaired) electrons. The Kier molecular flexibility index (Phi) is 4.23. The summed E-state index contributed by atoms with van der Waals surface area (Å²) >= 11 is 0. The van der Waals surface area contributed by atoms with Crippen LogP contribution >= 0.6 is 0 Å². The fourth-order valence-corrected chi connectivity index (χ4v) is 2.21. The van der Waals surface area contributed by atoms with Crippen LogP contribution in [0.3, 0.4) is 0 Å². The maximum absolute atomic E-state index is 11.9. The van der Waals surface area contributed by atoms with E-state index in [2.05, 4.69) is 15.2 Å². The Labute approximate surface area is 102 Å². The van der Waals surface area contributed by atoms with Crippen LogP contribution in [0.4, 0.5) is 0 Å². The minimum Gasteiger partial charge on any atom is -0.313 e. The lowest BCUT2D eigenvalue weighted by molar-refractivity contribution is 0.0937. The monoisotopic (exact) mass is 233 g/mol. The average molecular weight is 233 g/mol. The van der Waals surface area contributed by atoms with E-state index in [1.807, 2.05) is 19.2 Å². The zero-order valence-corrected chi connectivity index (χ0v) is 10.2. The quantitative estimate of drug-likeness (QED) is 0.769. The number of aromatic nitrogens is 1. The molecule has 2 heterocycles. The average Bonchev–Trinajstić information content (AvgIpc) is 2.82. The van der Waals surface area contributed by atoms with Gasteiger partial charge in [0.25, 0.3) is 0 Å². The summed E-state index contributed by atoms with van der Waals surface area (Å²) in [6.07, 6.45) is 4.11. The Bertz CT molecular complexity index is 360. The van der Waals surface area contributed by atoms with E-state index in [1.165, 1.54) is 12.8 Å². The third-order valence-corrected chi connectivity index (χ3v) is 3.06. The lowest BCUT2D eigenvalue weighted by Crippen LogP contribution is -2.37. The number of hydrogen-bond donors (Lipinski definition) is 1. The van der Waals surface area contributed by atoms with Crippen molar-refractivity contribution in [2.45, 2.75) is 18.9 Å². The highest BCUT2D eigenvalue weighted by atomic mass is 16.1. The van der Waals surface area contributed by atoms with Crippen molar-refractivity contribution in [2.75, 3.05) is 26.7 Å². The molecule has 1 unspecified atom stereocenters. The van der Waals surface area contributed by atoms with Crippen LogP contribution in [0.25, 0.3) is 0 Å². The summed E-state index contributed by atoms with van der Waals surface area (Å²) in [5.41, 5.74) is 0.554. The van der Waals surface area contributed by atoms with E-state index in [-0.39, 0.29) is 5.78 Å². The van der Waals surface area contributed by atoms with Crippen LogP contribution < -0.4 is 5.32 Å². The molecule has 1 atom stereocenters. The number of rotatable bonds is 5. The highest BCUT2D eigenvalue weighted by Gasteiger charge is 2.17. The molecule has 0 bridgehead atoms. The highest BCUT2D eigenvalue weighted by molar-refractivity contribution is 5.95. The fourth-order valence-electron chi connectivity index (χ4n) is 2.21. The summed E-state index contributed by atoms with van der Waals surface area (Å²) in [6, 6.07) is 5.97. The summed E-state index contributed by atoms with van der Waals surface area (Å²) in [5.74, 6) is 0.0890. The van der Waals surface area contributed by atoms with Crippen molar-refractivity contribution in [1.82, 2.24) is 15.2 Å². The van der Waals surface area contributed by atoms with Gasteiger partial charge in [-0.15, -0.1) is 0 Å². The van der Waals surface area contributed by atoms with E-state index in [4.69, 9.17) is 0 Å². The maximum atomic E-state index is 11.9. The normalized spacial score (nSPS) is 19.8. The molecule has 1 aliphatic heterocycles. The first kappa shape index (κ1) is 12.2. The zero-order chi connectivity index (χ0) is 12.1. The van der Waals surface area contributed by atoms with Gasteiger partial charge < -0.3 is 5.32 Å². The van der Waals surface area contributed by atoms with Crippen molar-refractivity contribution in [2.24, 2.45) is 0 Å². The van der Waals surface area contributed by atoms with Crippen LogP contribution in [0.15, 0.2) is 24.4 Å². The molecule has 1 aliphatic rings. The van der Waals surface area contributed by atoms with Gasteiger partial charge in [-0.05, 0) is 38.6 Å². The molecule has 1 fully saturated rings. The standard InChI is InChI=1S/C13H19N3O/c1-16(9-11-5-4-8-14-11)10-13(17)12-6-2-3-7-15-12/h2-3,6-7,11,14H,4-5,8-10H2,1H3. The topological polar surface area (TPSA) is 45.2 Å².